The summed E-state index contributed by atoms with van der Waals surface area (Å²) in [6.07, 6.45) is -0.535. The molecule has 0 unspecified atom stereocenters. The smallest absolute Gasteiger partial charge is 0.339 e. The number of unbranched alkanes of at least 4 members (excludes halogenated alkanes) is 1. The van der Waals surface area contributed by atoms with E-state index in [2.05, 4.69) is 27.5 Å². The van der Waals surface area contributed by atoms with E-state index in [9.17, 15) is 13.2 Å². The third-order valence-corrected chi connectivity index (χ3v) is 4.52. The van der Waals surface area contributed by atoms with Crippen molar-refractivity contribution in [3.63, 3.8) is 0 Å². The lowest BCUT2D eigenvalue weighted by molar-refractivity contribution is -0.137. The van der Waals surface area contributed by atoms with Crippen LogP contribution >= 0.6 is 0 Å². The molecule has 2 N–H and O–H groups in total. The molecule has 7 heteroatoms. The minimum absolute atomic E-state index is 0.0930. The Labute approximate surface area is 168 Å². The molecule has 3 aromatic rings. The number of para-hydroxylation sites is 1. The van der Waals surface area contributed by atoms with E-state index in [1.165, 1.54) is 5.56 Å². The second kappa shape index (κ2) is 8.94. The van der Waals surface area contributed by atoms with Crippen LogP contribution in [0.5, 0.6) is 0 Å². The van der Waals surface area contributed by atoms with Gasteiger partial charge in [0, 0.05) is 17.6 Å². The first-order valence-corrected chi connectivity index (χ1v) is 9.49. The summed E-state index contributed by atoms with van der Waals surface area (Å²) in [5, 5.41) is 5.77. The number of rotatable bonds is 7. The van der Waals surface area contributed by atoms with Gasteiger partial charge in [-0.25, -0.2) is 4.98 Å². The van der Waals surface area contributed by atoms with Crippen molar-refractivity contribution in [1.82, 2.24) is 9.97 Å². The molecule has 2 aromatic carbocycles. The van der Waals surface area contributed by atoms with Crippen LogP contribution in [-0.2, 0) is 12.6 Å². The summed E-state index contributed by atoms with van der Waals surface area (Å²) in [7, 11) is 0. The highest BCUT2D eigenvalue weighted by atomic mass is 19.4. The quantitative estimate of drug-likeness (QED) is 0.467. The molecule has 0 atom stereocenters. The maximum absolute atomic E-state index is 13.4. The van der Waals surface area contributed by atoms with Gasteiger partial charge in [0.15, 0.2) is 0 Å². The Bertz CT molecular complexity index is 953. The average molecular weight is 400 g/mol. The number of anilines is 4. The molecular weight excluding hydrogens is 377 g/mol. The van der Waals surface area contributed by atoms with Crippen molar-refractivity contribution in [2.75, 3.05) is 10.6 Å². The van der Waals surface area contributed by atoms with Gasteiger partial charge in [-0.05, 0) is 49.1 Å². The second-order valence-corrected chi connectivity index (χ2v) is 6.82. The van der Waals surface area contributed by atoms with Gasteiger partial charge >= 0.3 is 6.18 Å². The van der Waals surface area contributed by atoms with Crippen molar-refractivity contribution < 1.29 is 13.2 Å². The molecule has 0 radical (unpaired) electrons. The lowest BCUT2D eigenvalue weighted by Crippen LogP contribution is -2.13. The Balaban J connectivity index is 1.86. The molecular formula is C22H23F3N4. The molecule has 3 rings (SSSR count). The molecule has 0 fully saturated rings. The minimum Gasteiger partial charge on any atom is -0.339 e. The van der Waals surface area contributed by atoms with Crippen molar-refractivity contribution in [2.24, 2.45) is 0 Å². The number of nitrogens with one attached hydrogen (secondary N) is 2. The van der Waals surface area contributed by atoms with Crippen LogP contribution in [0.1, 0.15) is 36.5 Å². The fourth-order valence-electron chi connectivity index (χ4n) is 2.85. The van der Waals surface area contributed by atoms with Crippen molar-refractivity contribution >= 4 is 23.1 Å². The summed E-state index contributed by atoms with van der Waals surface area (Å²) in [5.41, 5.74) is 2.39. The van der Waals surface area contributed by atoms with Crippen molar-refractivity contribution in [3.05, 3.63) is 71.4 Å². The monoisotopic (exact) mass is 400 g/mol. The van der Waals surface area contributed by atoms with E-state index in [4.69, 9.17) is 0 Å². The highest BCUT2D eigenvalue weighted by Crippen LogP contribution is 2.35. The van der Waals surface area contributed by atoms with Gasteiger partial charge in [0.25, 0.3) is 0 Å². The van der Waals surface area contributed by atoms with E-state index < -0.39 is 11.7 Å². The predicted octanol–water partition coefficient (Wildman–Crippen LogP) is 6.63. The number of hydrogen-bond acceptors (Lipinski definition) is 4. The van der Waals surface area contributed by atoms with Gasteiger partial charge in [0.1, 0.15) is 11.4 Å². The van der Waals surface area contributed by atoms with E-state index in [1.54, 1.807) is 12.1 Å². The lowest BCUT2D eigenvalue weighted by Gasteiger charge is -2.16. The highest BCUT2D eigenvalue weighted by Gasteiger charge is 2.35. The minimum atomic E-state index is -4.57. The fourth-order valence-corrected chi connectivity index (χ4v) is 2.85. The molecule has 0 saturated heterocycles. The maximum Gasteiger partial charge on any atom is 0.421 e. The number of benzene rings is 2. The zero-order chi connectivity index (χ0) is 20.9. The summed E-state index contributed by atoms with van der Waals surface area (Å²) in [6.45, 7) is 3.95. The van der Waals surface area contributed by atoms with Crippen molar-refractivity contribution in [1.29, 1.82) is 0 Å². The molecule has 0 saturated carbocycles. The van der Waals surface area contributed by atoms with Gasteiger partial charge in [0.2, 0.25) is 5.95 Å². The van der Waals surface area contributed by atoms with Gasteiger partial charge in [-0.2, -0.15) is 18.2 Å². The third kappa shape index (κ3) is 5.47. The Kier molecular flexibility index (Phi) is 6.36. The summed E-state index contributed by atoms with van der Waals surface area (Å²) in [5.74, 6) is -0.195. The number of aromatic nitrogens is 2. The highest BCUT2D eigenvalue weighted by molar-refractivity contribution is 5.65. The number of hydrogen-bond donors (Lipinski definition) is 2. The van der Waals surface area contributed by atoms with Crippen LogP contribution in [0.4, 0.5) is 36.3 Å². The van der Waals surface area contributed by atoms with Crippen molar-refractivity contribution in [3.8, 4) is 0 Å². The van der Waals surface area contributed by atoms with Crippen LogP contribution in [0.25, 0.3) is 0 Å². The number of nitrogens with zero attached hydrogens (tertiary/aromatic N) is 2. The number of aryl methyl sites for hydroxylation is 2. The van der Waals surface area contributed by atoms with E-state index in [0.717, 1.165) is 31.0 Å². The van der Waals surface area contributed by atoms with Crippen LogP contribution in [0.15, 0.2) is 54.7 Å². The third-order valence-electron chi connectivity index (χ3n) is 4.52. The predicted molar refractivity (Wildman–Crippen MR) is 110 cm³/mol. The van der Waals surface area contributed by atoms with Crippen LogP contribution in [0.3, 0.4) is 0 Å². The molecule has 0 spiro atoms. The summed E-state index contributed by atoms with van der Waals surface area (Å²) in [4.78, 5) is 7.94. The van der Waals surface area contributed by atoms with Crippen LogP contribution in [-0.4, -0.2) is 9.97 Å². The molecule has 0 aliphatic heterocycles. The largest absolute Gasteiger partial charge is 0.421 e. The summed E-state index contributed by atoms with van der Waals surface area (Å²) in [6, 6.07) is 14.8. The molecule has 152 valence electrons. The average Bonchev–Trinajstić information content (AvgIpc) is 2.68. The Morgan fingerprint density at radius 2 is 1.69 bits per heavy atom. The van der Waals surface area contributed by atoms with E-state index in [1.807, 2.05) is 43.3 Å². The van der Waals surface area contributed by atoms with Gasteiger partial charge in [-0.15, -0.1) is 0 Å². The van der Waals surface area contributed by atoms with E-state index in [-0.39, 0.29) is 11.8 Å². The standard InChI is InChI=1S/C22H23F3N4/c1-3-4-8-16-10-12-17(13-11-16)27-21-26-14-18(22(23,24)25)20(29-21)28-19-9-6-5-7-15(19)2/h5-7,9-14H,3-4,8H2,1-2H3,(H2,26,27,28,29). The molecule has 0 amide bonds. The summed E-state index contributed by atoms with van der Waals surface area (Å²) < 4.78 is 40.2. The van der Waals surface area contributed by atoms with Crippen molar-refractivity contribution in [2.45, 2.75) is 39.3 Å². The Hall–Kier alpha value is -3.09. The van der Waals surface area contributed by atoms with Crippen LogP contribution in [0, 0.1) is 6.92 Å². The molecule has 0 aliphatic rings. The van der Waals surface area contributed by atoms with Gasteiger partial charge in [0.05, 0.1) is 0 Å². The normalized spacial score (nSPS) is 11.3. The summed E-state index contributed by atoms with van der Waals surface area (Å²) >= 11 is 0. The first-order chi connectivity index (χ1) is 13.9. The first kappa shape index (κ1) is 20.6. The molecule has 4 nitrogen and oxygen atoms in total. The zero-order valence-electron chi connectivity index (χ0n) is 16.3. The lowest BCUT2D eigenvalue weighted by atomic mass is 10.1. The van der Waals surface area contributed by atoms with Gasteiger partial charge < -0.3 is 10.6 Å². The molecule has 1 heterocycles. The second-order valence-electron chi connectivity index (χ2n) is 6.82. The number of alkyl halides is 3. The van der Waals surface area contributed by atoms with Crippen LogP contribution in [0.2, 0.25) is 0 Å². The van der Waals surface area contributed by atoms with Crippen LogP contribution < -0.4 is 10.6 Å². The van der Waals surface area contributed by atoms with E-state index >= 15 is 0 Å². The Morgan fingerprint density at radius 1 is 0.966 bits per heavy atom. The molecule has 0 bridgehead atoms. The SMILES string of the molecule is CCCCc1ccc(Nc2ncc(C(F)(F)F)c(Nc3ccccc3C)n2)cc1. The van der Waals surface area contributed by atoms with Gasteiger partial charge in [-0.3, -0.25) is 0 Å². The first-order valence-electron chi connectivity index (χ1n) is 9.49. The Morgan fingerprint density at radius 3 is 2.34 bits per heavy atom. The van der Waals surface area contributed by atoms with E-state index in [0.29, 0.717) is 11.4 Å². The maximum atomic E-state index is 13.4. The zero-order valence-corrected chi connectivity index (χ0v) is 16.3. The number of halogens is 3. The molecule has 1 aromatic heterocycles. The molecule has 0 aliphatic carbocycles. The van der Waals surface area contributed by atoms with Gasteiger partial charge in [-0.1, -0.05) is 43.7 Å². The topological polar surface area (TPSA) is 49.8 Å². The fraction of sp³-hybridized carbons (Fsp3) is 0.273. The molecule has 29 heavy (non-hydrogen) atoms.